The Kier molecular flexibility index (Phi) is 7.70. The molecule has 1 aromatic carbocycles. The molecule has 0 saturated heterocycles. The third-order valence-corrected chi connectivity index (χ3v) is 5.73. The van der Waals surface area contributed by atoms with Crippen LogP contribution in [0, 0.1) is 0 Å². The van der Waals surface area contributed by atoms with E-state index in [1.54, 1.807) is 6.92 Å². The van der Waals surface area contributed by atoms with Gasteiger partial charge in [-0.25, -0.2) is 8.42 Å². The normalized spacial score (nSPS) is 13.1. The zero-order valence-corrected chi connectivity index (χ0v) is 15.0. The van der Waals surface area contributed by atoms with Crippen molar-refractivity contribution in [3.8, 4) is 5.75 Å². The van der Waals surface area contributed by atoms with Gasteiger partial charge in [-0.15, -0.1) is 0 Å². The molecular weight excluding hydrogens is 354 g/mol. The molecule has 1 atom stereocenters. The number of hydrogen-bond donors (Lipinski definition) is 1. The highest BCUT2D eigenvalue weighted by molar-refractivity contribution is 9.10. The number of hydrogen-bond acceptors (Lipinski definition) is 4. The lowest BCUT2D eigenvalue weighted by Crippen LogP contribution is -2.21. The zero-order chi connectivity index (χ0) is 15.9. The Bertz CT molecular complexity index is 546. The van der Waals surface area contributed by atoms with Crippen LogP contribution < -0.4 is 10.5 Å². The third kappa shape index (κ3) is 6.80. The molecule has 0 heterocycles. The number of halogens is 1. The highest BCUT2D eigenvalue weighted by Gasteiger charge is 2.08. The van der Waals surface area contributed by atoms with Gasteiger partial charge in [-0.2, -0.15) is 0 Å². The van der Waals surface area contributed by atoms with Crippen LogP contribution in [0.3, 0.4) is 0 Å². The van der Waals surface area contributed by atoms with Gasteiger partial charge in [-0.05, 0) is 52.9 Å². The van der Waals surface area contributed by atoms with E-state index in [-0.39, 0.29) is 17.5 Å². The molecule has 0 saturated carbocycles. The fraction of sp³-hybridized carbons (Fsp3) is 0.600. The molecule has 0 bridgehead atoms. The maximum atomic E-state index is 11.4. The first-order valence-electron chi connectivity index (χ1n) is 7.25. The number of ether oxygens (including phenoxy) is 1. The van der Waals surface area contributed by atoms with Crippen molar-refractivity contribution in [2.24, 2.45) is 5.73 Å². The van der Waals surface area contributed by atoms with Gasteiger partial charge in [0, 0.05) is 11.8 Å². The van der Waals surface area contributed by atoms with E-state index >= 15 is 0 Å². The minimum Gasteiger partial charge on any atom is -0.492 e. The summed E-state index contributed by atoms with van der Waals surface area (Å²) in [5, 5.41) is 0. The molecule has 0 aliphatic carbocycles. The van der Waals surface area contributed by atoms with E-state index in [2.05, 4.69) is 22.9 Å². The van der Waals surface area contributed by atoms with Crippen LogP contribution in [0.5, 0.6) is 5.75 Å². The fourth-order valence-electron chi connectivity index (χ4n) is 1.84. The van der Waals surface area contributed by atoms with Gasteiger partial charge in [-0.1, -0.05) is 19.9 Å². The molecule has 120 valence electrons. The summed E-state index contributed by atoms with van der Waals surface area (Å²) < 4.78 is 29.3. The van der Waals surface area contributed by atoms with E-state index in [0.29, 0.717) is 13.0 Å². The third-order valence-electron chi connectivity index (χ3n) is 3.32. The van der Waals surface area contributed by atoms with Crippen molar-refractivity contribution >= 4 is 25.8 Å². The van der Waals surface area contributed by atoms with Crippen LogP contribution >= 0.6 is 15.9 Å². The molecule has 0 aliphatic rings. The summed E-state index contributed by atoms with van der Waals surface area (Å²) in [7, 11) is -2.91. The Hall–Kier alpha value is -0.590. The van der Waals surface area contributed by atoms with Gasteiger partial charge in [0.1, 0.15) is 15.6 Å². The molecule has 4 nitrogen and oxygen atoms in total. The summed E-state index contributed by atoms with van der Waals surface area (Å²) in [6, 6.07) is 6.07. The molecule has 1 aromatic rings. The fourth-order valence-corrected chi connectivity index (χ4v) is 3.23. The lowest BCUT2D eigenvalue weighted by atomic mass is 10.0. The van der Waals surface area contributed by atoms with E-state index < -0.39 is 9.84 Å². The summed E-state index contributed by atoms with van der Waals surface area (Å²) in [4.78, 5) is 0. The maximum Gasteiger partial charge on any atom is 0.150 e. The number of nitrogens with two attached hydrogens (primary N) is 1. The van der Waals surface area contributed by atoms with E-state index in [0.717, 1.165) is 28.6 Å². The van der Waals surface area contributed by atoms with Crippen molar-refractivity contribution < 1.29 is 13.2 Å². The first kappa shape index (κ1) is 18.5. The molecule has 0 spiro atoms. The van der Waals surface area contributed by atoms with Crippen LogP contribution in [0.15, 0.2) is 22.7 Å². The number of sulfone groups is 1. The summed E-state index contributed by atoms with van der Waals surface area (Å²) in [5.74, 6) is 1.09. The Labute approximate surface area is 136 Å². The van der Waals surface area contributed by atoms with Crippen LogP contribution in [0.1, 0.15) is 32.3 Å². The van der Waals surface area contributed by atoms with Crippen LogP contribution in [-0.2, 0) is 16.3 Å². The van der Waals surface area contributed by atoms with Crippen molar-refractivity contribution in [1.29, 1.82) is 0 Å². The summed E-state index contributed by atoms with van der Waals surface area (Å²) in [5.41, 5.74) is 7.11. The average molecular weight is 378 g/mol. The molecular formula is C15H24BrNO3S. The van der Waals surface area contributed by atoms with E-state index in [4.69, 9.17) is 10.5 Å². The smallest absolute Gasteiger partial charge is 0.150 e. The standard InChI is InChI=1S/C15H24BrNO3S/c1-3-13(17)10-12-6-7-15(14(16)11-12)20-8-5-9-21(18,19)4-2/h6-7,11,13H,3-5,8-10,17H2,1-2H3. The largest absolute Gasteiger partial charge is 0.492 e. The minimum absolute atomic E-state index is 0.169. The SMILES string of the molecule is CCC(N)Cc1ccc(OCCCS(=O)(=O)CC)c(Br)c1. The van der Waals surface area contributed by atoms with E-state index in [1.807, 2.05) is 18.2 Å². The summed E-state index contributed by atoms with van der Waals surface area (Å²) in [6.07, 6.45) is 2.29. The number of benzene rings is 1. The molecule has 1 unspecified atom stereocenters. The monoisotopic (exact) mass is 377 g/mol. The van der Waals surface area contributed by atoms with Crippen molar-refractivity contribution in [2.45, 2.75) is 39.2 Å². The van der Waals surface area contributed by atoms with Crippen molar-refractivity contribution in [1.82, 2.24) is 0 Å². The van der Waals surface area contributed by atoms with Gasteiger partial charge in [0.05, 0.1) is 16.8 Å². The number of rotatable bonds is 9. The van der Waals surface area contributed by atoms with Gasteiger partial charge in [0.2, 0.25) is 0 Å². The topological polar surface area (TPSA) is 69.4 Å². The second kappa shape index (κ2) is 8.76. The van der Waals surface area contributed by atoms with Crippen LogP contribution in [0.4, 0.5) is 0 Å². The second-order valence-corrected chi connectivity index (χ2v) is 8.40. The van der Waals surface area contributed by atoms with Gasteiger partial charge in [0.15, 0.2) is 0 Å². The molecule has 0 aromatic heterocycles. The predicted molar refractivity (Wildman–Crippen MR) is 90.6 cm³/mol. The summed E-state index contributed by atoms with van der Waals surface area (Å²) >= 11 is 3.48. The van der Waals surface area contributed by atoms with Crippen LogP contribution in [0.25, 0.3) is 0 Å². The lowest BCUT2D eigenvalue weighted by Gasteiger charge is -2.12. The highest BCUT2D eigenvalue weighted by Crippen LogP contribution is 2.26. The van der Waals surface area contributed by atoms with Gasteiger partial charge in [-0.3, -0.25) is 0 Å². The Morgan fingerprint density at radius 3 is 2.62 bits per heavy atom. The van der Waals surface area contributed by atoms with Crippen LogP contribution in [-0.4, -0.2) is 32.6 Å². The Morgan fingerprint density at radius 1 is 1.33 bits per heavy atom. The predicted octanol–water partition coefficient (Wildman–Crippen LogP) is 2.93. The molecule has 6 heteroatoms. The Balaban J connectivity index is 2.50. The lowest BCUT2D eigenvalue weighted by molar-refractivity contribution is 0.315. The van der Waals surface area contributed by atoms with E-state index in [1.165, 1.54) is 0 Å². The zero-order valence-electron chi connectivity index (χ0n) is 12.6. The first-order chi connectivity index (χ1) is 9.88. The first-order valence-corrected chi connectivity index (χ1v) is 9.86. The molecule has 0 aliphatic heterocycles. The second-order valence-electron chi connectivity index (χ2n) is 5.08. The van der Waals surface area contributed by atoms with Crippen molar-refractivity contribution in [3.05, 3.63) is 28.2 Å². The van der Waals surface area contributed by atoms with E-state index in [9.17, 15) is 8.42 Å². The van der Waals surface area contributed by atoms with Gasteiger partial charge in [0.25, 0.3) is 0 Å². The quantitative estimate of drug-likeness (QED) is 0.671. The van der Waals surface area contributed by atoms with Gasteiger partial charge < -0.3 is 10.5 Å². The van der Waals surface area contributed by atoms with Crippen molar-refractivity contribution in [2.75, 3.05) is 18.1 Å². The molecule has 0 amide bonds. The maximum absolute atomic E-state index is 11.4. The summed E-state index contributed by atoms with van der Waals surface area (Å²) in [6.45, 7) is 4.12. The minimum atomic E-state index is -2.91. The molecule has 0 fully saturated rings. The molecule has 0 radical (unpaired) electrons. The average Bonchev–Trinajstić information content (AvgIpc) is 2.45. The van der Waals surface area contributed by atoms with Crippen molar-refractivity contribution in [3.63, 3.8) is 0 Å². The molecule has 2 N–H and O–H groups in total. The molecule has 21 heavy (non-hydrogen) atoms. The van der Waals surface area contributed by atoms with Crippen LogP contribution in [0.2, 0.25) is 0 Å². The van der Waals surface area contributed by atoms with Gasteiger partial charge >= 0.3 is 0 Å². The molecule has 1 rings (SSSR count). The Morgan fingerprint density at radius 2 is 2.05 bits per heavy atom. The highest BCUT2D eigenvalue weighted by atomic mass is 79.9.